The molecule has 0 aromatic rings. The number of carbonyl (C=O) groups is 1. The van der Waals surface area contributed by atoms with Gasteiger partial charge < -0.3 is 9.64 Å². The molecule has 0 spiro atoms. The Morgan fingerprint density at radius 3 is 2.78 bits per heavy atom. The minimum absolute atomic E-state index is 0.290. The predicted octanol–water partition coefficient (Wildman–Crippen LogP) is -0.0113. The standard InChI is InChI=1S/C6H9NO2/c1-9-6(8)2-3-7-4-5-7/h2-3H,4-5H2,1H3/b3-2-. The van der Waals surface area contributed by atoms with Crippen molar-refractivity contribution in [2.24, 2.45) is 0 Å². The summed E-state index contributed by atoms with van der Waals surface area (Å²) in [5.74, 6) is -0.290. The highest BCUT2D eigenvalue weighted by molar-refractivity contribution is 5.81. The van der Waals surface area contributed by atoms with E-state index in [1.165, 1.54) is 13.2 Å². The lowest BCUT2D eigenvalue weighted by Gasteiger charge is -1.89. The zero-order valence-electron chi connectivity index (χ0n) is 5.33. The maximum Gasteiger partial charge on any atom is 0.331 e. The summed E-state index contributed by atoms with van der Waals surface area (Å²) < 4.78 is 4.38. The predicted molar refractivity (Wildman–Crippen MR) is 32.7 cm³/mol. The van der Waals surface area contributed by atoms with Crippen LogP contribution in [0.2, 0.25) is 0 Å². The monoisotopic (exact) mass is 127 g/mol. The second kappa shape index (κ2) is 2.53. The van der Waals surface area contributed by atoms with Crippen LogP contribution in [0.25, 0.3) is 0 Å². The van der Waals surface area contributed by atoms with Crippen LogP contribution in [0.5, 0.6) is 0 Å². The zero-order valence-corrected chi connectivity index (χ0v) is 5.33. The van der Waals surface area contributed by atoms with E-state index in [2.05, 4.69) is 4.74 Å². The molecular weight excluding hydrogens is 118 g/mol. The molecule has 0 atom stereocenters. The molecule has 1 heterocycles. The maximum atomic E-state index is 10.4. The van der Waals surface area contributed by atoms with Gasteiger partial charge in [-0.3, -0.25) is 0 Å². The molecule has 1 saturated heterocycles. The number of esters is 1. The minimum atomic E-state index is -0.290. The summed E-state index contributed by atoms with van der Waals surface area (Å²) in [4.78, 5) is 12.4. The molecule has 0 aromatic carbocycles. The number of hydrogen-bond donors (Lipinski definition) is 0. The van der Waals surface area contributed by atoms with Crippen LogP contribution in [0.1, 0.15) is 0 Å². The van der Waals surface area contributed by atoms with E-state index < -0.39 is 0 Å². The zero-order chi connectivity index (χ0) is 6.69. The molecular formula is C6H9NO2. The lowest BCUT2D eigenvalue weighted by atomic mass is 10.6. The lowest BCUT2D eigenvalue weighted by molar-refractivity contribution is -0.134. The van der Waals surface area contributed by atoms with E-state index in [1.807, 2.05) is 4.90 Å². The van der Waals surface area contributed by atoms with Gasteiger partial charge in [-0.25, -0.2) is 4.79 Å². The summed E-state index contributed by atoms with van der Waals surface area (Å²) >= 11 is 0. The van der Waals surface area contributed by atoms with Crippen molar-refractivity contribution >= 4 is 5.97 Å². The fourth-order valence-corrected chi connectivity index (χ4v) is 0.441. The fraction of sp³-hybridized carbons (Fsp3) is 0.500. The SMILES string of the molecule is COC(=O)/C=C\N1CC1. The van der Waals surface area contributed by atoms with Crippen LogP contribution in [0.3, 0.4) is 0 Å². The Labute approximate surface area is 53.9 Å². The molecule has 0 radical (unpaired) electrons. The molecule has 1 rings (SSSR count). The largest absolute Gasteiger partial charge is 0.466 e. The van der Waals surface area contributed by atoms with Gasteiger partial charge in [0.15, 0.2) is 0 Å². The van der Waals surface area contributed by atoms with Crippen LogP contribution in [0.15, 0.2) is 12.3 Å². The van der Waals surface area contributed by atoms with Gasteiger partial charge in [0.25, 0.3) is 0 Å². The van der Waals surface area contributed by atoms with Crippen molar-refractivity contribution in [1.29, 1.82) is 0 Å². The summed E-state index contributed by atoms with van der Waals surface area (Å²) in [6.45, 7) is 2.13. The van der Waals surface area contributed by atoms with Crippen molar-refractivity contribution in [3.05, 3.63) is 12.3 Å². The van der Waals surface area contributed by atoms with Crippen LogP contribution in [-0.4, -0.2) is 31.1 Å². The number of rotatable bonds is 2. The first-order chi connectivity index (χ1) is 4.33. The third kappa shape index (κ3) is 2.17. The van der Waals surface area contributed by atoms with Crippen LogP contribution in [-0.2, 0) is 9.53 Å². The van der Waals surface area contributed by atoms with E-state index in [9.17, 15) is 4.79 Å². The highest BCUT2D eigenvalue weighted by Crippen LogP contribution is 2.02. The van der Waals surface area contributed by atoms with Gasteiger partial charge in [0.1, 0.15) is 0 Å². The number of hydrogen-bond acceptors (Lipinski definition) is 3. The van der Waals surface area contributed by atoms with Gasteiger partial charge in [-0.15, -0.1) is 0 Å². The molecule has 0 aromatic heterocycles. The van der Waals surface area contributed by atoms with E-state index in [1.54, 1.807) is 6.20 Å². The van der Waals surface area contributed by atoms with Crippen molar-refractivity contribution in [3.63, 3.8) is 0 Å². The van der Waals surface area contributed by atoms with Gasteiger partial charge in [-0.1, -0.05) is 0 Å². The lowest BCUT2D eigenvalue weighted by Crippen LogP contribution is -1.95. The number of nitrogens with zero attached hydrogens (tertiary/aromatic N) is 1. The van der Waals surface area contributed by atoms with Crippen molar-refractivity contribution in [1.82, 2.24) is 4.90 Å². The van der Waals surface area contributed by atoms with Gasteiger partial charge in [-0.05, 0) is 0 Å². The quantitative estimate of drug-likeness (QED) is 0.297. The summed E-state index contributed by atoms with van der Waals surface area (Å²) in [6.07, 6.45) is 3.17. The fourth-order valence-electron chi connectivity index (χ4n) is 0.441. The maximum absolute atomic E-state index is 10.4. The van der Waals surface area contributed by atoms with Gasteiger partial charge in [0.05, 0.1) is 7.11 Å². The third-order valence-electron chi connectivity index (χ3n) is 1.10. The van der Waals surface area contributed by atoms with Gasteiger partial charge >= 0.3 is 5.97 Å². The van der Waals surface area contributed by atoms with Gasteiger partial charge in [0.2, 0.25) is 0 Å². The van der Waals surface area contributed by atoms with Crippen molar-refractivity contribution in [2.75, 3.05) is 20.2 Å². The minimum Gasteiger partial charge on any atom is -0.466 e. The van der Waals surface area contributed by atoms with Crippen molar-refractivity contribution in [3.8, 4) is 0 Å². The summed E-state index contributed by atoms with van der Waals surface area (Å²) in [6, 6.07) is 0. The van der Waals surface area contributed by atoms with Crippen LogP contribution < -0.4 is 0 Å². The van der Waals surface area contributed by atoms with E-state index in [4.69, 9.17) is 0 Å². The van der Waals surface area contributed by atoms with E-state index in [0.29, 0.717) is 0 Å². The molecule has 0 N–H and O–H groups in total. The smallest absolute Gasteiger partial charge is 0.331 e. The Hall–Kier alpha value is -0.990. The summed E-state index contributed by atoms with van der Waals surface area (Å²) in [7, 11) is 1.37. The van der Waals surface area contributed by atoms with Gasteiger partial charge in [0, 0.05) is 25.4 Å². The van der Waals surface area contributed by atoms with E-state index in [0.717, 1.165) is 13.1 Å². The molecule has 50 valence electrons. The molecule has 1 aliphatic rings. The Balaban J connectivity index is 2.20. The van der Waals surface area contributed by atoms with Crippen LogP contribution in [0, 0.1) is 0 Å². The second-order valence-electron chi connectivity index (χ2n) is 1.87. The van der Waals surface area contributed by atoms with Crippen LogP contribution in [0.4, 0.5) is 0 Å². The number of carbonyl (C=O) groups excluding carboxylic acids is 1. The molecule has 1 aliphatic heterocycles. The first-order valence-corrected chi connectivity index (χ1v) is 2.83. The van der Waals surface area contributed by atoms with Crippen molar-refractivity contribution in [2.45, 2.75) is 0 Å². The van der Waals surface area contributed by atoms with Gasteiger partial charge in [-0.2, -0.15) is 0 Å². The first-order valence-electron chi connectivity index (χ1n) is 2.83. The molecule has 0 bridgehead atoms. The second-order valence-corrected chi connectivity index (χ2v) is 1.87. The Morgan fingerprint density at radius 2 is 2.33 bits per heavy atom. The first kappa shape index (κ1) is 6.13. The Kier molecular flexibility index (Phi) is 1.72. The summed E-state index contributed by atoms with van der Waals surface area (Å²) in [5.41, 5.74) is 0. The topological polar surface area (TPSA) is 29.3 Å². The molecule has 0 saturated carbocycles. The Morgan fingerprint density at radius 1 is 1.67 bits per heavy atom. The Bertz CT molecular complexity index is 138. The number of methoxy groups -OCH3 is 1. The van der Waals surface area contributed by atoms with E-state index in [-0.39, 0.29) is 5.97 Å². The highest BCUT2D eigenvalue weighted by Gasteiger charge is 2.11. The van der Waals surface area contributed by atoms with E-state index >= 15 is 0 Å². The molecule has 3 nitrogen and oxygen atoms in total. The molecule has 0 unspecified atom stereocenters. The summed E-state index contributed by atoms with van der Waals surface area (Å²) in [5, 5.41) is 0. The van der Waals surface area contributed by atoms with Crippen LogP contribution >= 0.6 is 0 Å². The normalized spacial score (nSPS) is 16.3. The highest BCUT2D eigenvalue weighted by atomic mass is 16.5. The molecule has 0 amide bonds. The average molecular weight is 127 g/mol. The number of ether oxygens (including phenoxy) is 1. The third-order valence-corrected chi connectivity index (χ3v) is 1.10. The molecule has 3 heteroatoms. The molecule has 0 aliphatic carbocycles. The molecule has 1 fully saturated rings. The van der Waals surface area contributed by atoms with Crippen molar-refractivity contribution < 1.29 is 9.53 Å². The average Bonchev–Trinajstić information content (AvgIpc) is 2.65. The molecule has 9 heavy (non-hydrogen) atoms.